The van der Waals surface area contributed by atoms with Crippen molar-refractivity contribution in [2.24, 2.45) is 10.8 Å². The van der Waals surface area contributed by atoms with Gasteiger partial charge in [-0.25, -0.2) is 34.2 Å². The van der Waals surface area contributed by atoms with Crippen molar-refractivity contribution in [2.75, 3.05) is 0 Å². The molecule has 0 radical (unpaired) electrons. The van der Waals surface area contributed by atoms with Crippen molar-refractivity contribution in [3.63, 3.8) is 0 Å². The zero-order valence-corrected chi connectivity index (χ0v) is 33.9. The summed E-state index contributed by atoms with van der Waals surface area (Å²) in [6, 6.07) is 9.15. The zero-order chi connectivity index (χ0) is 40.6. The van der Waals surface area contributed by atoms with Crippen LogP contribution in [-0.4, -0.2) is 73.3 Å². The van der Waals surface area contributed by atoms with E-state index in [0.29, 0.717) is 41.2 Å². The summed E-state index contributed by atoms with van der Waals surface area (Å²) in [5, 5.41) is 17.6. The van der Waals surface area contributed by atoms with Gasteiger partial charge in [-0.05, 0) is 57.9 Å². The van der Waals surface area contributed by atoms with Crippen LogP contribution in [0.5, 0.6) is 0 Å². The van der Waals surface area contributed by atoms with Gasteiger partial charge in [0.25, 0.3) is 0 Å². The van der Waals surface area contributed by atoms with Crippen LogP contribution in [0.25, 0.3) is 23.0 Å². The number of ether oxygens (including phenoxy) is 2. The summed E-state index contributed by atoms with van der Waals surface area (Å²) in [5.41, 5.74) is 0.386. The van der Waals surface area contributed by atoms with E-state index in [-0.39, 0.29) is 10.8 Å². The highest BCUT2D eigenvalue weighted by molar-refractivity contribution is 5.69. The summed E-state index contributed by atoms with van der Waals surface area (Å²) < 4.78 is 12.7. The molecule has 2 atom stereocenters. The number of aromatic amines is 1. The van der Waals surface area contributed by atoms with Crippen LogP contribution < -0.4 is 10.6 Å². The third-order valence-corrected chi connectivity index (χ3v) is 7.55. The maximum absolute atomic E-state index is 12.6. The third kappa shape index (κ3) is 12.9. The molecular weight excluding hydrogens is 701 g/mol. The van der Waals surface area contributed by atoms with E-state index in [1.54, 1.807) is 37.2 Å². The predicted octanol–water partition coefficient (Wildman–Crippen LogP) is 7.27. The molecule has 16 nitrogen and oxygen atoms in total. The first-order valence-corrected chi connectivity index (χ1v) is 18.0. The Balaban J connectivity index is 0.000000253. The van der Waals surface area contributed by atoms with Crippen LogP contribution in [0.15, 0.2) is 67.5 Å². The fourth-order valence-electron chi connectivity index (χ4n) is 5.11. The molecule has 5 rings (SSSR count). The Morgan fingerprint density at radius 2 is 1.20 bits per heavy atom. The Labute approximate surface area is 322 Å². The lowest BCUT2D eigenvalue weighted by Gasteiger charge is -2.31. The second-order valence-corrected chi connectivity index (χ2v) is 17.1. The lowest BCUT2D eigenvalue weighted by Crippen LogP contribution is -2.41. The number of hydrogen-bond donors (Lipinski definition) is 3. The molecule has 0 aliphatic carbocycles. The highest BCUT2D eigenvalue weighted by Gasteiger charge is 2.35. The van der Waals surface area contributed by atoms with Crippen molar-refractivity contribution in [3.05, 3.63) is 84.7 Å². The summed E-state index contributed by atoms with van der Waals surface area (Å²) in [5.74, 6) is 2.05. The average Bonchev–Trinajstić information content (AvgIpc) is 3.73. The van der Waals surface area contributed by atoms with Gasteiger partial charge in [-0.3, -0.25) is 15.1 Å². The van der Waals surface area contributed by atoms with Crippen LogP contribution in [0.4, 0.5) is 9.59 Å². The number of rotatable bonds is 8. The molecule has 2 amide bonds. The van der Waals surface area contributed by atoms with Gasteiger partial charge >= 0.3 is 12.2 Å². The number of H-pyrrole nitrogens is 1. The molecule has 294 valence electrons. The molecular formula is C39H54N12O4. The highest BCUT2D eigenvalue weighted by Crippen LogP contribution is 2.34. The van der Waals surface area contributed by atoms with Crippen molar-refractivity contribution in [2.45, 2.75) is 113 Å². The maximum Gasteiger partial charge on any atom is 0.408 e. The van der Waals surface area contributed by atoms with Gasteiger partial charge in [0.05, 0.1) is 31.0 Å². The van der Waals surface area contributed by atoms with Gasteiger partial charge in [-0.2, -0.15) is 5.10 Å². The van der Waals surface area contributed by atoms with Gasteiger partial charge in [0.1, 0.15) is 28.4 Å². The summed E-state index contributed by atoms with van der Waals surface area (Å²) in [6.07, 6.45) is 8.58. The Morgan fingerprint density at radius 3 is 1.67 bits per heavy atom. The lowest BCUT2D eigenvalue weighted by atomic mass is 9.86. The van der Waals surface area contributed by atoms with Crippen LogP contribution in [-0.2, 0) is 16.0 Å². The van der Waals surface area contributed by atoms with Gasteiger partial charge in [0.15, 0.2) is 5.82 Å². The molecule has 4 heterocycles. The first kappa shape index (κ1) is 41.9. The number of hydrogen-bond acceptors (Lipinski definition) is 12. The molecule has 0 spiro atoms. The van der Waals surface area contributed by atoms with E-state index < -0.39 is 35.5 Å². The second-order valence-electron chi connectivity index (χ2n) is 17.1. The molecule has 55 heavy (non-hydrogen) atoms. The van der Waals surface area contributed by atoms with Crippen molar-refractivity contribution in [1.29, 1.82) is 0 Å². The van der Waals surface area contributed by atoms with E-state index >= 15 is 0 Å². The largest absolute Gasteiger partial charge is 0.444 e. The average molecular weight is 755 g/mol. The monoisotopic (exact) mass is 754 g/mol. The SMILES string of the molecule is CC(C)(C)OC(=O)N[C@@H](c1nc(-c2cnccn2)n[nH]1)C(C)(C)C.CC(C)(C)OC(=O)N[C@@H](c1nc(-c2cnccn2)nn1Cc1ccccc1)C(C)(C)C. The van der Waals surface area contributed by atoms with Gasteiger partial charge in [-0.1, -0.05) is 71.9 Å². The van der Waals surface area contributed by atoms with Crippen molar-refractivity contribution in [1.82, 2.24) is 60.5 Å². The Bertz CT molecular complexity index is 1970. The first-order valence-electron chi connectivity index (χ1n) is 18.0. The van der Waals surface area contributed by atoms with Crippen LogP contribution in [0, 0.1) is 10.8 Å². The molecule has 5 aromatic rings. The fraction of sp³-hybridized carbons (Fsp3) is 0.487. The summed E-state index contributed by atoms with van der Waals surface area (Å²) in [4.78, 5) is 50.6. The maximum atomic E-state index is 12.6. The fourth-order valence-corrected chi connectivity index (χ4v) is 5.11. The molecule has 0 saturated carbocycles. The molecule has 0 fully saturated rings. The quantitative estimate of drug-likeness (QED) is 0.143. The van der Waals surface area contributed by atoms with E-state index in [1.807, 2.05) is 118 Å². The van der Waals surface area contributed by atoms with Gasteiger partial charge < -0.3 is 20.1 Å². The lowest BCUT2D eigenvalue weighted by molar-refractivity contribution is 0.0447. The highest BCUT2D eigenvalue weighted by atomic mass is 16.6. The Kier molecular flexibility index (Phi) is 13.1. The molecule has 0 aliphatic rings. The molecule has 3 N–H and O–H groups in total. The number of aromatic nitrogens is 10. The molecule has 16 heteroatoms. The van der Waals surface area contributed by atoms with Gasteiger partial charge in [0, 0.05) is 24.8 Å². The minimum atomic E-state index is -0.602. The smallest absolute Gasteiger partial charge is 0.408 e. The molecule has 4 aromatic heterocycles. The number of amides is 2. The number of alkyl carbamates (subject to hydrolysis) is 2. The first-order chi connectivity index (χ1) is 25.6. The van der Waals surface area contributed by atoms with Crippen LogP contribution in [0.1, 0.15) is 112 Å². The topological polar surface area (TPSA) is 200 Å². The van der Waals surface area contributed by atoms with E-state index in [1.165, 1.54) is 0 Å². The van der Waals surface area contributed by atoms with Crippen LogP contribution in [0.2, 0.25) is 0 Å². The summed E-state index contributed by atoms with van der Waals surface area (Å²) in [6.45, 7) is 23.6. The van der Waals surface area contributed by atoms with Gasteiger partial charge in [-0.15, -0.1) is 5.10 Å². The van der Waals surface area contributed by atoms with Crippen molar-refractivity contribution >= 4 is 12.2 Å². The van der Waals surface area contributed by atoms with Crippen molar-refractivity contribution < 1.29 is 19.1 Å². The number of carbonyl (C=O) groups is 2. The standard InChI is InChI=1S/C23H30N6O2.C16H24N6O2/c1-22(2,3)18(26-21(30)31-23(4,5)6)20-27-19(17-14-24-12-13-25-17)28-29(20)15-16-10-8-7-9-11-16;1-15(2,3)11(19-14(23)24-16(4,5)6)13-20-12(21-22-13)10-9-17-7-8-18-10/h7-14,18H,15H2,1-6H3,(H,26,30);7-9,11H,1-6H3,(H,19,23)(H,20,21,22)/t18-;11-/m00/s1. The summed E-state index contributed by atoms with van der Waals surface area (Å²) >= 11 is 0. The molecule has 0 aliphatic heterocycles. The summed E-state index contributed by atoms with van der Waals surface area (Å²) in [7, 11) is 0. The zero-order valence-electron chi connectivity index (χ0n) is 33.9. The number of carbonyl (C=O) groups excluding carboxylic acids is 2. The minimum absolute atomic E-state index is 0.296. The van der Waals surface area contributed by atoms with Crippen LogP contribution >= 0.6 is 0 Å². The molecule has 1 aromatic carbocycles. The number of nitrogens with one attached hydrogen (secondary N) is 3. The van der Waals surface area contributed by atoms with Crippen molar-refractivity contribution in [3.8, 4) is 23.0 Å². The number of nitrogens with zero attached hydrogens (tertiary/aromatic N) is 9. The third-order valence-electron chi connectivity index (χ3n) is 7.55. The van der Waals surface area contributed by atoms with E-state index in [4.69, 9.17) is 19.6 Å². The minimum Gasteiger partial charge on any atom is -0.444 e. The predicted molar refractivity (Wildman–Crippen MR) is 207 cm³/mol. The normalized spacial score (nSPS) is 13.2. The van der Waals surface area contributed by atoms with Crippen LogP contribution in [0.3, 0.4) is 0 Å². The van der Waals surface area contributed by atoms with E-state index in [9.17, 15) is 9.59 Å². The molecule has 0 bridgehead atoms. The molecule has 0 unspecified atom stereocenters. The van der Waals surface area contributed by atoms with E-state index in [2.05, 4.69) is 45.8 Å². The Morgan fingerprint density at radius 1 is 0.691 bits per heavy atom. The Hall–Kier alpha value is -5.80. The second kappa shape index (κ2) is 17.1. The number of benzene rings is 1. The van der Waals surface area contributed by atoms with Gasteiger partial charge in [0.2, 0.25) is 11.6 Å². The molecule has 0 saturated heterocycles. The van der Waals surface area contributed by atoms with E-state index in [0.717, 1.165) is 5.56 Å².